The molecule has 2 heterocycles. The Balaban J connectivity index is 2.10. The molecule has 0 bridgehead atoms. The number of aromatic nitrogens is 3. The summed E-state index contributed by atoms with van der Waals surface area (Å²) < 4.78 is 26.6. The van der Waals surface area contributed by atoms with Crippen LogP contribution in [0.2, 0.25) is 0 Å². The molecule has 22 heavy (non-hydrogen) atoms. The van der Waals surface area contributed by atoms with Crippen LogP contribution in [0.4, 0.5) is 0 Å². The topological polar surface area (TPSA) is 85.1 Å². The summed E-state index contributed by atoms with van der Waals surface area (Å²) in [5.41, 5.74) is 2.30. The number of hydrogen-bond acceptors (Lipinski definition) is 5. The third kappa shape index (κ3) is 2.46. The second kappa shape index (κ2) is 5.33. The standard InChI is InChI=1S/C15H17N3O3S/c1-10-3-5-12(6-4-10)22(20,21)18-8-7-13-15(18)16-9-14(17-13)11(2)19/h3,5,7-9,11,19H,4,6H2,1-2H3. The molecule has 0 amide bonds. The van der Waals surface area contributed by atoms with Crippen molar-refractivity contribution in [2.45, 2.75) is 32.8 Å². The third-order valence-electron chi connectivity index (χ3n) is 3.71. The number of aliphatic hydroxyl groups is 1. The Bertz CT molecular complexity index is 892. The van der Waals surface area contributed by atoms with Gasteiger partial charge in [-0.25, -0.2) is 22.4 Å². The molecule has 0 aliphatic heterocycles. The molecule has 7 heteroatoms. The molecule has 6 nitrogen and oxygen atoms in total. The zero-order valence-electron chi connectivity index (χ0n) is 12.4. The largest absolute Gasteiger partial charge is 0.387 e. The Morgan fingerprint density at radius 2 is 2.09 bits per heavy atom. The van der Waals surface area contributed by atoms with E-state index in [0.29, 0.717) is 22.5 Å². The minimum absolute atomic E-state index is 0.275. The first kappa shape index (κ1) is 14.9. The van der Waals surface area contributed by atoms with Gasteiger partial charge in [0.1, 0.15) is 5.52 Å². The summed E-state index contributed by atoms with van der Waals surface area (Å²) in [4.78, 5) is 8.77. The van der Waals surface area contributed by atoms with Gasteiger partial charge in [0.2, 0.25) is 0 Å². The first-order valence-electron chi connectivity index (χ1n) is 7.03. The van der Waals surface area contributed by atoms with Crippen molar-refractivity contribution in [3.8, 4) is 0 Å². The first-order valence-corrected chi connectivity index (χ1v) is 8.47. The van der Waals surface area contributed by atoms with Gasteiger partial charge >= 0.3 is 0 Å². The maximum absolute atomic E-state index is 12.7. The Hall–Kier alpha value is -1.99. The molecule has 1 unspecified atom stereocenters. The molecule has 0 saturated heterocycles. The van der Waals surface area contributed by atoms with Crippen molar-refractivity contribution >= 4 is 21.2 Å². The Morgan fingerprint density at radius 1 is 1.32 bits per heavy atom. The molecule has 2 aromatic heterocycles. The number of fused-ring (bicyclic) bond motifs is 1. The monoisotopic (exact) mass is 319 g/mol. The zero-order valence-corrected chi connectivity index (χ0v) is 13.2. The van der Waals surface area contributed by atoms with E-state index in [1.165, 1.54) is 12.4 Å². The van der Waals surface area contributed by atoms with Crippen LogP contribution in [-0.2, 0) is 10.0 Å². The van der Waals surface area contributed by atoms with E-state index in [1.807, 2.05) is 13.0 Å². The highest BCUT2D eigenvalue weighted by molar-refractivity contribution is 7.93. The van der Waals surface area contributed by atoms with Crippen LogP contribution in [0.3, 0.4) is 0 Å². The minimum atomic E-state index is -3.63. The lowest BCUT2D eigenvalue weighted by Gasteiger charge is -2.14. The van der Waals surface area contributed by atoms with Crippen LogP contribution in [0, 0.1) is 0 Å². The van der Waals surface area contributed by atoms with E-state index in [1.54, 1.807) is 19.1 Å². The van der Waals surface area contributed by atoms with Gasteiger partial charge in [0.25, 0.3) is 10.0 Å². The normalized spacial score (nSPS) is 17.2. The first-order chi connectivity index (χ1) is 10.4. The fraction of sp³-hybridized carbons (Fsp3) is 0.333. The summed E-state index contributed by atoms with van der Waals surface area (Å²) in [5.74, 6) is 0. The highest BCUT2D eigenvalue weighted by Crippen LogP contribution is 2.26. The lowest BCUT2D eigenvalue weighted by Crippen LogP contribution is -2.16. The predicted octanol–water partition coefficient (Wildman–Crippen LogP) is 2.29. The number of aliphatic hydroxyl groups excluding tert-OH is 1. The highest BCUT2D eigenvalue weighted by Gasteiger charge is 2.23. The molecule has 0 spiro atoms. The predicted molar refractivity (Wildman–Crippen MR) is 83.6 cm³/mol. The average molecular weight is 319 g/mol. The summed E-state index contributed by atoms with van der Waals surface area (Å²) in [6.07, 6.45) is 6.82. The van der Waals surface area contributed by atoms with E-state index >= 15 is 0 Å². The van der Waals surface area contributed by atoms with Crippen molar-refractivity contribution in [2.24, 2.45) is 0 Å². The SMILES string of the molecule is CC1=CC=C(S(=O)(=O)n2ccc3nc(C(C)O)cnc32)CC1. The van der Waals surface area contributed by atoms with Gasteiger partial charge in [0, 0.05) is 6.20 Å². The smallest absolute Gasteiger partial charge is 0.265 e. The number of allylic oxidation sites excluding steroid dienone is 4. The molecule has 0 fully saturated rings. The van der Waals surface area contributed by atoms with Crippen molar-refractivity contribution in [2.75, 3.05) is 0 Å². The number of nitrogens with zero attached hydrogens (tertiary/aromatic N) is 3. The Kier molecular flexibility index (Phi) is 3.62. The van der Waals surface area contributed by atoms with Crippen LogP contribution in [0.15, 0.2) is 41.1 Å². The van der Waals surface area contributed by atoms with Crippen molar-refractivity contribution in [3.63, 3.8) is 0 Å². The molecule has 0 saturated carbocycles. The average Bonchev–Trinajstić information content (AvgIpc) is 2.91. The summed E-state index contributed by atoms with van der Waals surface area (Å²) in [7, 11) is -3.63. The molecule has 0 aromatic carbocycles. The molecular formula is C15H17N3O3S. The van der Waals surface area contributed by atoms with E-state index in [0.717, 1.165) is 16.0 Å². The van der Waals surface area contributed by atoms with E-state index in [9.17, 15) is 13.5 Å². The second-order valence-electron chi connectivity index (χ2n) is 5.44. The van der Waals surface area contributed by atoms with Gasteiger partial charge in [-0.1, -0.05) is 11.6 Å². The lowest BCUT2D eigenvalue weighted by molar-refractivity contribution is 0.194. The van der Waals surface area contributed by atoms with Gasteiger partial charge in [0.05, 0.1) is 22.9 Å². The molecular weight excluding hydrogens is 302 g/mol. The van der Waals surface area contributed by atoms with Crippen LogP contribution in [0.25, 0.3) is 11.2 Å². The van der Waals surface area contributed by atoms with Gasteiger partial charge in [-0.3, -0.25) is 0 Å². The van der Waals surface area contributed by atoms with E-state index < -0.39 is 16.1 Å². The molecule has 1 atom stereocenters. The Labute approximate surface area is 128 Å². The Morgan fingerprint density at radius 3 is 2.73 bits per heavy atom. The molecule has 1 aliphatic carbocycles. The summed E-state index contributed by atoms with van der Waals surface area (Å²) >= 11 is 0. The molecule has 1 aliphatic rings. The minimum Gasteiger partial charge on any atom is -0.387 e. The second-order valence-corrected chi connectivity index (χ2v) is 7.31. The van der Waals surface area contributed by atoms with Crippen molar-refractivity contribution in [3.05, 3.63) is 46.8 Å². The van der Waals surface area contributed by atoms with Crippen LogP contribution in [0.1, 0.15) is 38.5 Å². The summed E-state index contributed by atoms with van der Waals surface area (Å²) in [5, 5.41) is 9.54. The number of hydrogen-bond donors (Lipinski definition) is 1. The van der Waals surface area contributed by atoms with E-state index in [2.05, 4.69) is 9.97 Å². The van der Waals surface area contributed by atoms with E-state index in [-0.39, 0.29) is 5.65 Å². The summed E-state index contributed by atoms with van der Waals surface area (Å²) in [6, 6.07) is 1.59. The summed E-state index contributed by atoms with van der Waals surface area (Å²) in [6.45, 7) is 3.57. The fourth-order valence-electron chi connectivity index (χ4n) is 2.36. The van der Waals surface area contributed by atoms with Gasteiger partial charge in [-0.2, -0.15) is 0 Å². The molecule has 2 aromatic rings. The fourth-order valence-corrected chi connectivity index (χ4v) is 3.80. The van der Waals surface area contributed by atoms with Crippen LogP contribution >= 0.6 is 0 Å². The molecule has 1 N–H and O–H groups in total. The van der Waals surface area contributed by atoms with Gasteiger partial charge < -0.3 is 5.11 Å². The van der Waals surface area contributed by atoms with Crippen molar-refractivity contribution < 1.29 is 13.5 Å². The third-order valence-corrected chi connectivity index (χ3v) is 5.53. The van der Waals surface area contributed by atoms with Gasteiger partial charge in [-0.15, -0.1) is 0 Å². The van der Waals surface area contributed by atoms with Crippen molar-refractivity contribution in [1.82, 2.24) is 13.9 Å². The maximum atomic E-state index is 12.7. The molecule has 3 rings (SSSR count). The van der Waals surface area contributed by atoms with Gasteiger partial charge in [-0.05, 0) is 38.8 Å². The van der Waals surface area contributed by atoms with Crippen LogP contribution < -0.4 is 0 Å². The van der Waals surface area contributed by atoms with Crippen molar-refractivity contribution in [1.29, 1.82) is 0 Å². The van der Waals surface area contributed by atoms with Crippen LogP contribution in [0.5, 0.6) is 0 Å². The molecule has 0 radical (unpaired) electrons. The number of rotatable bonds is 3. The quantitative estimate of drug-likeness (QED) is 0.938. The van der Waals surface area contributed by atoms with Gasteiger partial charge in [0.15, 0.2) is 5.65 Å². The highest BCUT2D eigenvalue weighted by atomic mass is 32.2. The molecule has 116 valence electrons. The zero-order chi connectivity index (χ0) is 15.9. The maximum Gasteiger partial charge on any atom is 0.265 e. The lowest BCUT2D eigenvalue weighted by atomic mass is 10.1. The van der Waals surface area contributed by atoms with E-state index in [4.69, 9.17) is 0 Å². The van der Waals surface area contributed by atoms with Crippen LogP contribution in [-0.4, -0.2) is 27.5 Å².